The van der Waals surface area contributed by atoms with Gasteiger partial charge in [0.2, 0.25) is 17.5 Å². The Bertz CT molecular complexity index is 2670. The van der Waals surface area contributed by atoms with Gasteiger partial charge in [0, 0.05) is 59.9 Å². The smallest absolute Gasteiger partial charge is 0.326 e. The lowest BCUT2D eigenvalue weighted by molar-refractivity contribution is -0.436. The van der Waals surface area contributed by atoms with Crippen molar-refractivity contribution in [3.05, 3.63) is 132 Å². The average molecular weight is 855 g/mol. The van der Waals surface area contributed by atoms with Gasteiger partial charge in [-0.2, -0.15) is 4.58 Å². The molecular formula is C49H50N4O10. The molecule has 5 N–H and O–H groups in total. The molecular weight excluding hydrogens is 805 g/mol. The van der Waals surface area contributed by atoms with E-state index in [1.54, 1.807) is 0 Å². The number of carboxylic acids is 4. The van der Waals surface area contributed by atoms with E-state index in [9.17, 15) is 44.1 Å². The molecule has 2 atom stereocenters. The van der Waals surface area contributed by atoms with Gasteiger partial charge < -0.3 is 40.8 Å². The van der Waals surface area contributed by atoms with Gasteiger partial charge in [-0.05, 0) is 59.2 Å². The van der Waals surface area contributed by atoms with Gasteiger partial charge >= 0.3 is 17.9 Å². The summed E-state index contributed by atoms with van der Waals surface area (Å²) in [5.74, 6) is -6.99. The number of rotatable bonds is 18. The molecule has 63 heavy (non-hydrogen) atoms. The van der Waals surface area contributed by atoms with Gasteiger partial charge in [0.15, 0.2) is 12.3 Å². The lowest BCUT2D eigenvalue weighted by Gasteiger charge is -2.27. The number of nitrogens with zero attached hydrogens (tertiary/aromatic N) is 2. The van der Waals surface area contributed by atoms with Gasteiger partial charge in [0.25, 0.3) is 0 Å². The fraction of sp³-hybridized carbons (Fsp3) is 0.286. The average Bonchev–Trinajstić information content (AvgIpc) is 3.58. The molecule has 2 aliphatic rings. The van der Waals surface area contributed by atoms with Crippen molar-refractivity contribution in [3.8, 4) is 0 Å². The fourth-order valence-corrected chi connectivity index (χ4v) is 8.74. The molecule has 2 heterocycles. The second-order valence-corrected chi connectivity index (χ2v) is 16.6. The maximum absolute atomic E-state index is 13.0. The Kier molecular flexibility index (Phi) is 13.4. The summed E-state index contributed by atoms with van der Waals surface area (Å²) in [5.41, 5.74) is 4.78. The van der Waals surface area contributed by atoms with Crippen LogP contribution >= 0.6 is 0 Å². The summed E-state index contributed by atoms with van der Waals surface area (Å²) >= 11 is 0. The zero-order chi connectivity index (χ0) is 45.6. The van der Waals surface area contributed by atoms with Gasteiger partial charge in [0.1, 0.15) is 12.1 Å². The molecule has 14 nitrogen and oxygen atoms in total. The highest BCUT2D eigenvalue weighted by Gasteiger charge is 2.46. The fourth-order valence-electron chi connectivity index (χ4n) is 8.74. The van der Waals surface area contributed by atoms with Gasteiger partial charge in [-0.3, -0.25) is 14.4 Å². The third kappa shape index (κ3) is 9.75. The standard InChI is InChI=1S/C49H50N4O10/c1-48(2)38(52(26-24-40(54)50-34(46(60)61)28-42(56)57)36-22-20-30-14-10-12-16-32(30)44(36)48)18-8-6-5-7-9-19-39-49(3,4)45-33-17-13-11-15-31(33)21-23-37(45)53(39)27-25-41(55)51-35(47(62)63)29-43(58)59/h5-23,34-35H,24-29H2,1-4H3,(H5-,50,51,54,55,56,57,58,59,60,61,62,63). The van der Waals surface area contributed by atoms with Crippen LogP contribution in [0.4, 0.5) is 11.4 Å². The number of carboxylic acid groups (broad SMARTS) is 4. The number of hydrogen-bond donors (Lipinski definition) is 5. The summed E-state index contributed by atoms with van der Waals surface area (Å²) < 4.78 is 2.03. The molecule has 4 aromatic carbocycles. The number of carbonyl (C=O) groups excluding carboxylic acids is 3. The molecule has 0 bridgehead atoms. The molecule has 2 amide bonds. The van der Waals surface area contributed by atoms with Gasteiger partial charge in [-0.1, -0.05) is 98.8 Å². The number of carbonyl (C=O) groups is 6. The minimum atomic E-state index is -1.61. The molecule has 2 unspecified atom stereocenters. The molecule has 0 saturated carbocycles. The van der Waals surface area contributed by atoms with E-state index in [0.717, 1.165) is 55.5 Å². The summed E-state index contributed by atoms with van der Waals surface area (Å²) in [6.07, 6.45) is 11.6. The predicted octanol–water partition coefficient (Wildman–Crippen LogP) is 5.25. The number of fused-ring (bicyclic) bond motifs is 6. The maximum Gasteiger partial charge on any atom is 0.326 e. The van der Waals surface area contributed by atoms with Crippen LogP contribution in [0.25, 0.3) is 21.5 Å². The van der Waals surface area contributed by atoms with Crippen molar-refractivity contribution < 1.29 is 53.8 Å². The largest absolute Gasteiger partial charge is 0.550 e. The van der Waals surface area contributed by atoms with E-state index in [0.29, 0.717) is 0 Å². The van der Waals surface area contributed by atoms with E-state index in [1.807, 2.05) is 113 Å². The molecule has 2 aliphatic heterocycles. The van der Waals surface area contributed by atoms with Crippen LogP contribution in [0.3, 0.4) is 0 Å². The Labute approximate surface area is 364 Å². The number of benzene rings is 4. The number of allylic oxidation sites excluding steroid dienone is 8. The summed E-state index contributed by atoms with van der Waals surface area (Å²) in [6, 6.07) is 21.0. The van der Waals surface area contributed by atoms with E-state index >= 15 is 0 Å². The second-order valence-electron chi connectivity index (χ2n) is 16.6. The third-order valence-corrected chi connectivity index (χ3v) is 11.6. The van der Waals surface area contributed by atoms with Crippen LogP contribution in [-0.4, -0.2) is 86.5 Å². The van der Waals surface area contributed by atoms with Crippen molar-refractivity contribution in [1.29, 1.82) is 0 Å². The van der Waals surface area contributed by atoms with Crippen molar-refractivity contribution in [3.63, 3.8) is 0 Å². The Morgan fingerprint density at radius 2 is 1.24 bits per heavy atom. The Hall–Kier alpha value is -7.35. The van der Waals surface area contributed by atoms with E-state index in [1.165, 1.54) is 0 Å². The van der Waals surface area contributed by atoms with E-state index in [-0.39, 0.29) is 25.9 Å². The first-order chi connectivity index (χ1) is 29.9. The SMILES string of the molecule is CC1(C)C(/C=C/C=C/C=C/C=C2/N(CCC(=O)NC(CC(=O)O)C(=O)O)c3ccc4ccccc4c3C2(C)C)=[N+](CCC(=O)NC(CC(=O)[O-])C(=O)O)c2ccc3ccccc3c21. The molecule has 14 heteroatoms. The molecule has 0 aromatic heterocycles. The minimum Gasteiger partial charge on any atom is -0.550 e. The summed E-state index contributed by atoms with van der Waals surface area (Å²) in [7, 11) is 0. The number of amides is 2. The number of nitrogens with one attached hydrogen (secondary N) is 2. The molecule has 0 fully saturated rings. The van der Waals surface area contributed by atoms with E-state index in [2.05, 4.69) is 50.5 Å². The van der Waals surface area contributed by atoms with Crippen LogP contribution in [0, 0.1) is 0 Å². The first-order valence-corrected chi connectivity index (χ1v) is 20.6. The van der Waals surface area contributed by atoms with Crippen molar-refractivity contribution >= 4 is 74.3 Å². The first kappa shape index (κ1) is 45.2. The number of aliphatic carboxylic acids is 4. The number of hydrogen-bond acceptors (Lipinski definition) is 8. The molecule has 0 radical (unpaired) electrons. The highest BCUT2D eigenvalue weighted by molar-refractivity contribution is 6.08. The third-order valence-electron chi connectivity index (χ3n) is 11.6. The van der Waals surface area contributed by atoms with Crippen molar-refractivity contribution in [1.82, 2.24) is 10.6 Å². The summed E-state index contributed by atoms with van der Waals surface area (Å²) in [5, 5.41) is 48.0. The second kappa shape index (κ2) is 18.7. The summed E-state index contributed by atoms with van der Waals surface area (Å²) in [4.78, 5) is 73.5. The van der Waals surface area contributed by atoms with Crippen molar-refractivity contribution in [2.45, 2.75) is 76.3 Å². The lowest BCUT2D eigenvalue weighted by Crippen LogP contribution is -2.45. The first-order valence-electron chi connectivity index (χ1n) is 20.6. The molecule has 0 aliphatic carbocycles. The Morgan fingerprint density at radius 1 is 0.683 bits per heavy atom. The van der Waals surface area contributed by atoms with Crippen LogP contribution in [-0.2, 0) is 39.6 Å². The predicted molar refractivity (Wildman–Crippen MR) is 237 cm³/mol. The van der Waals surface area contributed by atoms with E-state index < -0.39 is 71.4 Å². The molecule has 0 spiro atoms. The van der Waals surface area contributed by atoms with Crippen LogP contribution in [0.15, 0.2) is 121 Å². The molecule has 6 rings (SSSR count). The zero-order valence-corrected chi connectivity index (χ0v) is 35.5. The summed E-state index contributed by atoms with van der Waals surface area (Å²) in [6.45, 7) is 8.84. The normalized spacial score (nSPS) is 16.8. The van der Waals surface area contributed by atoms with Crippen LogP contribution in [0.1, 0.15) is 64.5 Å². The Balaban J connectivity index is 1.25. The van der Waals surface area contributed by atoms with Crippen molar-refractivity contribution in [2.24, 2.45) is 0 Å². The Morgan fingerprint density at radius 3 is 1.86 bits per heavy atom. The van der Waals surface area contributed by atoms with Crippen molar-refractivity contribution in [2.75, 3.05) is 18.0 Å². The maximum atomic E-state index is 13.0. The highest BCUT2D eigenvalue weighted by atomic mass is 16.4. The minimum absolute atomic E-state index is 0.0840. The zero-order valence-electron chi connectivity index (χ0n) is 35.5. The van der Waals surface area contributed by atoms with Crippen LogP contribution in [0.5, 0.6) is 0 Å². The van der Waals surface area contributed by atoms with Gasteiger partial charge in [-0.15, -0.1) is 0 Å². The highest BCUT2D eigenvalue weighted by Crippen LogP contribution is 2.51. The van der Waals surface area contributed by atoms with Gasteiger partial charge in [-0.25, -0.2) is 9.59 Å². The monoisotopic (exact) mass is 854 g/mol. The topological polar surface area (TPSA) is 216 Å². The molecule has 4 aromatic rings. The molecule has 326 valence electrons. The quantitative estimate of drug-likeness (QED) is 0.0643. The van der Waals surface area contributed by atoms with E-state index in [4.69, 9.17) is 5.11 Å². The molecule has 0 saturated heterocycles. The van der Waals surface area contributed by atoms with Crippen LogP contribution < -0.4 is 20.6 Å². The van der Waals surface area contributed by atoms with Crippen LogP contribution in [0.2, 0.25) is 0 Å². The van der Waals surface area contributed by atoms with Gasteiger partial charge in [0.05, 0.1) is 18.3 Å². The number of anilines is 1. The lowest BCUT2D eigenvalue weighted by atomic mass is 9.79.